The van der Waals surface area contributed by atoms with E-state index in [0.717, 1.165) is 5.69 Å². The third-order valence-electron chi connectivity index (χ3n) is 2.58. The molecular formula is C13H13ClN4O2. The summed E-state index contributed by atoms with van der Waals surface area (Å²) in [4.78, 5) is 18.8. The van der Waals surface area contributed by atoms with E-state index in [-0.39, 0.29) is 6.42 Å². The van der Waals surface area contributed by atoms with Crippen molar-refractivity contribution in [2.24, 2.45) is 5.73 Å². The predicted octanol–water partition coefficient (Wildman–Crippen LogP) is 2.35. The number of nitrogens with zero attached hydrogens (tertiary/aromatic N) is 2. The highest BCUT2D eigenvalue weighted by Gasteiger charge is 2.11. The summed E-state index contributed by atoms with van der Waals surface area (Å²) in [7, 11) is 0. The molecule has 20 heavy (non-hydrogen) atoms. The van der Waals surface area contributed by atoms with Crippen LogP contribution in [-0.2, 0) is 4.79 Å². The predicted molar refractivity (Wildman–Crippen MR) is 75.9 cm³/mol. The van der Waals surface area contributed by atoms with Crippen LogP contribution in [0.4, 0.5) is 11.6 Å². The maximum Gasteiger partial charge on any atom is 0.305 e. The monoisotopic (exact) mass is 292 g/mol. The van der Waals surface area contributed by atoms with Crippen LogP contribution >= 0.6 is 11.6 Å². The van der Waals surface area contributed by atoms with Crippen LogP contribution in [0.15, 0.2) is 36.7 Å². The standard InChI is InChI=1S/C13H13ClN4O2/c14-9-2-1-3-10(4-9)18-13-16-6-8(7-17-13)11(15)5-12(19)20/h1-4,6-7,11H,5,15H2,(H,19,20)(H,16,17,18). The van der Waals surface area contributed by atoms with Crippen LogP contribution < -0.4 is 11.1 Å². The van der Waals surface area contributed by atoms with Crippen molar-refractivity contribution in [3.63, 3.8) is 0 Å². The zero-order valence-electron chi connectivity index (χ0n) is 10.5. The molecule has 0 spiro atoms. The highest BCUT2D eigenvalue weighted by Crippen LogP contribution is 2.18. The molecule has 2 rings (SSSR count). The van der Waals surface area contributed by atoms with E-state index in [1.165, 1.54) is 12.4 Å². The number of benzene rings is 1. The van der Waals surface area contributed by atoms with Crippen molar-refractivity contribution in [2.45, 2.75) is 12.5 Å². The van der Waals surface area contributed by atoms with Crippen molar-refractivity contribution < 1.29 is 9.90 Å². The summed E-state index contributed by atoms with van der Waals surface area (Å²) in [5, 5.41) is 12.3. The minimum Gasteiger partial charge on any atom is -0.481 e. The van der Waals surface area contributed by atoms with Gasteiger partial charge in [0.1, 0.15) is 0 Å². The quantitative estimate of drug-likeness (QED) is 0.782. The SMILES string of the molecule is NC(CC(=O)O)c1cnc(Nc2cccc(Cl)c2)nc1. The highest BCUT2D eigenvalue weighted by molar-refractivity contribution is 6.30. The van der Waals surface area contributed by atoms with Crippen molar-refractivity contribution in [2.75, 3.05) is 5.32 Å². The molecule has 0 radical (unpaired) electrons. The molecule has 0 aliphatic rings. The number of aromatic nitrogens is 2. The molecular weight excluding hydrogens is 280 g/mol. The van der Waals surface area contributed by atoms with Crippen LogP contribution in [0, 0.1) is 0 Å². The third-order valence-corrected chi connectivity index (χ3v) is 2.81. The van der Waals surface area contributed by atoms with Gasteiger partial charge in [-0.1, -0.05) is 17.7 Å². The van der Waals surface area contributed by atoms with Crippen LogP contribution in [0.1, 0.15) is 18.0 Å². The van der Waals surface area contributed by atoms with E-state index in [2.05, 4.69) is 15.3 Å². The van der Waals surface area contributed by atoms with Crippen molar-refractivity contribution >= 4 is 29.2 Å². The number of carboxylic acid groups (broad SMARTS) is 1. The van der Waals surface area contributed by atoms with Crippen LogP contribution in [-0.4, -0.2) is 21.0 Å². The lowest BCUT2D eigenvalue weighted by Crippen LogP contribution is -2.15. The second-order valence-corrected chi connectivity index (χ2v) is 4.62. The Morgan fingerprint density at radius 1 is 1.40 bits per heavy atom. The zero-order valence-corrected chi connectivity index (χ0v) is 11.2. The van der Waals surface area contributed by atoms with Gasteiger partial charge < -0.3 is 16.2 Å². The van der Waals surface area contributed by atoms with Crippen molar-refractivity contribution in [1.29, 1.82) is 0 Å². The van der Waals surface area contributed by atoms with Crippen LogP contribution in [0.2, 0.25) is 5.02 Å². The number of carboxylic acids is 1. The Morgan fingerprint density at radius 3 is 2.70 bits per heavy atom. The van der Waals surface area contributed by atoms with Gasteiger partial charge in [-0.05, 0) is 18.2 Å². The molecule has 0 aliphatic heterocycles. The van der Waals surface area contributed by atoms with Gasteiger partial charge in [-0.2, -0.15) is 0 Å². The second-order valence-electron chi connectivity index (χ2n) is 4.18. The number of halogens is 1. The number of nitrogens with two attached hydrogens (primary N) is 1. The molecule has 104 valence electrons. The maximum absolute atomic E-state index is 10.6. The minimum atomic E-state index is -0.960. The van der Waals surface area contributed by atoms with Crippen LogP contribution in [0.5, 0.6) is 0 Å². The second kappa shape index (κ2) is 6.31. The average Bonchev–Trinajstić information content (AvgIpc) is 2.38. The topological polar surface area (TPSA) is 101 Å². The zero-order chi connectivity index (χ0) is 14.5. The Morgan fingerprint density at radius 2 is 2.10 bits per heavy atom. The molecule has 0 aliphatic carbocycles. The van der Waals surface area contributed by atoms with Gasteiger partial charge >= 0.3 is 5.97 Å². The molecule has 6 nitrogen and oxygen atoms in total. The molecule has 0 amide bonds. The minimum absolute atomic E-state index is 0.162. The largest absolute Gasteiger partial charge is 0.481 e. The first-order valence-corrected chi connectivity index (χ1v) is 6.24. The normalized spacial score (nSPS) is 11.9. The highest BCUT2D eigenvalue weighted by atomic mass is 35.5. The summed E-state index contributed by atoms with van der Waals surface area (Å²) < 4.78 is 0. The molecule has 0 fully saturated rings. The van der Waals surface area contributed by atoms with Gasteiger partial charge in [0.05, 0.1) is 6.42 Å². The third kappa shape index (κ3) is 3.91. The number of rotatable bonds is 5. The Balaban J connectivity index is 2.06. The number of carbonyl (C=O) groups is 1. The van der Waals surface area contributed by atoms with Crippen LogP contribution in [0.3, 0.4) is 0 Å². The molecule has 0 saturated heterocycles. The van der Waals surface area contributed by atoms with Gasteiger partial charge in [-0.25, -0.2) is 9.97 Å². The molecule has 4 N–H and O–H groups in total. The van der Waals surface area contributed by atoms with E-state index in [1.807, 2.05) is 12.1 Å². The fourth-order valence-electron chi connectivity index (χ4n) is 1.60. The molecule has 0 bridgehead atoms. The van der Waals surface area contributed by atoms with Gasteiger partial charge in [0.15, 0.2) is 0 Å². The summed E-state index contributed by atoms with van der Waals surface area (Å²) >= 11 is 5.87. The molecule has 1 atom stereocenters. The van der Waals surface area contributed by atoms with E-state index in [0.29, 0.717) is 16.5 Å². The Kier molecular flexibility index (Phi) is 4.49. The molecule has 0 saturated carbocycles. The van der Waals surface area contributed by atoms with Crippen LogP contribution in [0.25, 0.3) is 0 Å². The number of nitrogens with one attached hydrogen (secondary N) is 1. The van der Waals surface area contributed by atoms with Gasteiger partial charge in [0.2, 0.25) is 5.95 Å². The summed E-state index contributed by atoms with van der Waals surface area (Å²) in [6, 6.07) is 6.53. The van der Waals surface area contributed by atoms with E-state index in [9.17, 15) is 4.79 Å². The number of anilines is 2. The molecule has 1 aromatic carbocycles. The summed E-state index contributed by atoms with van der Waals surface area (Å²) in [5.41, 5.74) is 7.06. The fourth-order valence-corrected chi connectivity index (χ4v) is 1.79. The van der Waals surface area contributed by atoms with Gasteiger partial charge in [0.25, 0.3) is 0 Å². The van der Waals surface area contributed by atoms with Crippen molar-refractivity contribution in [1.82, 2.24) is 9.97 Å². The Hall–Kier alpha value is -2.18. The Labute approximate surface area is 120 Å². The first-order valence-electron chi connectivity index (χ1n) is 5.86. The van der Waals surface area contributed by atoms with Gasteiger partial charge in [-0.15, -0.1) is 0 Å². The molecule has 1 unspecified atom stereocenters. The summed E-state index contributed by atoms with van der Waals surface area (Å²) in [5.74, 6) is -0.572. The van der Waals surface area contributed by atoms with Crippen molar-refractivity contribution in [3.05, 3.63) is 47.2 Å². The van der Waals surface area contributed by atoms with E-state index in [4.69, 9.17) is 22.4 Å². The molecule has 7 heteroatoms. The van der Waals surface area contributed by atoms with Crippen molar-refractivity contribution in [3.8, 4) is 0 Å². The number of hydrogen-bond acceptors (Lipinski definition) is 5. The number of aliphatic carboxylic acids is 1. The molecule has 2 aromatic rings. The molecule has 1 aromatic heterocycles. The fraction of sp³-hybridized carbons (Fsp3) is 0.154. The lowest BCUT2D eigenvalue weighted by Gasteiger charge is -2.09. The lowest BCUT2D eigenvalue weighted by atomic mass is 10.1. The van der Waals surface area contributed by atoms with Gasteiger partial charge in [-0.3, -0.25) is 4.79 Å². The summed E-state index contributed by atoms with van der Waals surface area (Å²) in [6.07, 6.45) is 2.85. The average molecular weight is 293 g/mol. The van der Waals surface area contributed by atoms with Gasteiger partial charge in [0, 0.05) is 34.7 Å². The number of hydrogen-bond donors (Lipinski definition) is 3. The summed E-state index contributed by atoms with van der Waals surface area (Å²) in [6.45, 7) is 0. The van der Waals surface area contributed by atoms with E-state index >= 15 is 0 Å². The molecule has 1 heterocycles. The lowest BCUT2D eigenvalue weighted by molar-refractivity contribution is -0.137. The van der Waals surface area contributed by atoms with E-state index in [1.54, 1.807) is 12.1 Å². The smallest absolute Gasteiger partial charge is 0.305 e. The maximum atomic E-state index is 10.6. The van der Waals surface area contributed by atoms with E-state index < -0.39 is 12.0 Å². The Bertz CT molecular complexity index is 604. The first-order chi connectivity index (χ1) is 9.54. The first kappa shape index (κ1) is 14.2.